The minimum absolute atomic E-state index is 0.00935. The topological polar surface area (TPSA) is 58.7 Å². The molecule has 4 heteroatoms. The van der Waals surface area contributed by atoms with Gasteiger partial charge in [-0.15, -0.1) is 0 Å². The van der Waals surface area contributed by atoms with Gasteiger partial charge in [-0.05, 0) is 12.5 Å². The molecule has 2 atom stereocenters. The van der Waals surface area contributed by atoms with Crippen molar-refractivity contribution in [2.45, 2.75) is 18.9 Å². The predicted octanol–water partition coefficient (Wildman–Crippen LogP) is 1.54. The molecule has 0 aromatic heterocycles. The summed E-state index contributed by atoms with van der Waals surface area (Å²) in [4.78, 5) is 11.0. The van der Waals surface area contributed by atoms with Gasteiger partial charge < -0.3 is 5.73 Å². The first-order valence-corrected chi connectivity index (χ1v) is 4.88. The fraction of sp³-hybridized carbons (Fsp3) is 0.273. The first-order valence-electron chi connectivity index (χ1n) is 4.88. The molecule has 0 aliphatic carbocycles. The van der Waals surface area contributed by atoms with E-state index in [1.54, 1.807) is 6.21 Å². The fourth-order valence-electron chi connectivity index (χ4n) is 1.82. The number of rotatable bonds is 1. The van der Waals surface area contributed by atoms with Gasteiger partial charge in [0.2, 0.25) is 0 Å². The largest absolute Gasteiger partial charge is 0.350 e. The molecule has 0 saturated carbocycles. The van der Waals surface area contributed by atoms with Gasteiger partial charge in [-0.25, -0.2) is 9.80 Å². The SMILES string of the molecule is CC1C(c2ccccc2)C=NN1C(N)=O. The molecule has 0 saturated heterocycles. The molecule has 2 amide bonds. The van der Waals surface area contributed by atoms with Crippen LogP contribution in [0, 0.1) is 0 Å². The van der Waals surface area contributed by atoms with Crippen LogP contribution < -0.4 is 5.73 Å². The Morgan fingerprint density at radius 3 is 2.60 bits per heavy atom. The summed E-state index contributed by atoms with van der Waals surface area (Å²) < 4.78 is 0. The highest BCUT2D eigenvalue weighted by Crippen LogP contribution is 2.26. The molecular formula is C11H13N3O. The van der Waals surface area contributed by atoms with Gasteiger partial charge in [0, 0.05) is 12.1 Å². The highest BCUT2D eigenvalue weighted by Gasteiger charge is 2.30. The first kappa shape index (κ1) is 9.71. The number of primary amides is 1. The van der Waals surface area contributed by atoms with E-state index in [4.69, 9.17) is 5.73 Å². The molecular weight excluding hydrogens is 190 g/mol. The smallest absolute Gasteiger partial charge is 0.335 e. The van der Waals surface area contributed by atoms with Crippen LogP contribution in [0.5, 0.6) is 0 Å². The molecule has 15 heavy (non-hydrogen) atoms. The van der Waals surface area contributed by atoms with Crippen LogP contribution in [-0.2, 0) is 0 Å². The van der Waals surface area contributed by atoms with Gasteiger partial charge >= 0.3 is 6.03 Å². The second-order valence-electron chi connectivity index (χ2n) is 3.62. The van der Waals surface area contributed by atoms with Crippen molar-refractivity contribution in [2.75, 3.05) is 0 Å². The Morgan fingerprint density at radius 1 is 1.40 bits per heavy atom. The van der Waals surface area contributed by atoms with Gasteiger partial charge in [0.05, 0.1) is 6.04 Å². The van der Waals surface area contributed by atoms with Crippen molar-refractivity contribution in [3.05, 3.63) is 35.9 Å². The van der Waals surface area contributed by atoms with Gasteiger partial charge in [-0.3, -0.25) is 0 Å². The molecule has 2 unspecified atom stereocenters. The zero-order chi connectivity index (χ0) is 10.8. The second kappa shape index (κ2) is 3.73. The molecule has 4 nitrogen and oxygen atoms in total. The zero-order valence-corrected chi connectivity index (χ0v) is 8.50. The lowest BCUT2D eigenvalue weighted by Gasteiger charge is -2.20. The summed E-state index contributed by atoms with van der Waals surface area (Å²) >= 11 is 0. The highest BCUT2D eigenvalue weighted by atomic mass is 16.2. The lowest BCUT2D eigenvalue weighted by atomic mass is 9.94. The number of benzene rings is 1. The van der Waals surface area contributed by atoms with E-state index in [0.29, 0.717) is 0 Å². The zero-order valence-electron chi connectivity index (χ0n) is 8.50. The highest BCUT2D eigenvalue weighted by molar-refractivity contribution is 5.79. The summed E-state index contributed by atoms with van der Waals surface area (Å²) in [5, 5.41) is 5.32. The van der Waals surface area contributed by atoms with E-state index < -0.39 is 6.03 Å². The maximum Gasteiger partial charge on any atom is 0.335 e. The maximum atomic E-state index is 11.0. The number of hydrazone groups is 1. The predicted molar refractivity (Wildman–Crippen MR) is 58.6 cm³/mol. The molecule has 1 aliphatic heterocycles. The molecule has 2 rings (SSSR count). The van der Waals surface area contributed by atoms with Gasteiger partial charge in [0.15, 0.2) is 0 Å². The molecule has 0 bridgehead atoms. The van der Waals surface area contributed by atoms with Crippen molar-refractivity contribution >= 4 is 12.2 Å². The number of hydrogen-bond acceptors (Lipinski definition) is 2. The van der Waals surface area contributed by atoms with Crippen LogP contribution in [0.15, 0.2) is 35.4 Å². The summed E-state index contributed by atoms with van der Waals surface area (Å²) in [6.45, 7) is 1.94. The number of carbonyl (C=O) groups is 1. The molecule has 0 radical (unpaired) electrons. The Bertz CT molecular complexity index is 388. The quantitative estimate of drug-likeness (QED) is 0.739. The number of nitrogens with zero attached hydrogens (tertiary/aromatic N) is 2. The Hall–Kier alpha value is -1.84. The molecule has 1 heterocycles. The van der Waals surface area contributed by atoms with Crippen molar-refractivity contribution in [2.24, 2.45) is 10.8 Å². The average Bonchev–Trinajstić information content (AvgIpc) is 2.61. The summed E-state index contributed by atoms with van der Waals surface area (Å²) in [6, 6.07) is 9.45. The van der Waals surface area contributed by atoms with Gasteiger partial charge in [0.25, 0.3) is 0 Å². The Morgan fingerprint density at radius 2 is 2.07 bits per heavy atom. The number of carbonyl (C=O) groups excluding carboxylic acids is 1. The Labute approximate surface area is 88.4 Å². The van der Waals surface area contributed by atoms with Crippen LogP contribution in [0.4, 0.5) is 4.79 Å². The molecule has 0 spiro atoms. The summed E-state index contributed by atoms with van der Waals surface area (Å²) in [5.41, 5.74) is 6.35. The van der Waals surface area contributed by atoms with E-state index in [-0.39, 0.29) is 12.0 Å². The van der Waals surface area contributed by atoms with Crippen molar-refractivity contribution in [1.82, 2.24) is 5.01 Å². The maximum absolute atomic E-state index is 11.0. The Balaban J connectivity index is 2.22. The van der Waals surface area contributed by atoms with Crippen LogP contribution in [-0.4, -0.2) is 23.3 Å². The van der Waals surface area contributed by atoms with Crippen LogP contribution in [0.25, 0.3) is 0 Å². The number of hydrogen-bond donors (Lipinski definition) is 1. The monoisotopic (exact) mass is 203 g/mol. The van der Waals surface area contributed by atoms with E-state index in [9.17, 15) is 4.79 Å². The second-order valence-corrected chi connectivity index (χ2v) is 3.62. The number of urea groups is 1. The van der Waals surface area contributed by atoms with Crippen LogP contribution in [0.3, 0.4) is 0 Å². The summed E-state index contributed by atoms with van der Waals surface area (Å²) in [6.07, 6.45) is 1.77. The normalized spacial score (nSPS) is 24.5. The first-order chi connectivity index (χ1) is 7.20. The number of amides is 2. The molecule has 78 valence electrons. The lowest BCUT2D eigenvalue weighted by molar-refractivity contribution is 0.196. The third-order valence-corrected chi connectivity index (χ3v) is 2.67. The molecule has 1 aromatic carbocycles. The van der Waals surface area contributed by atoms with Crippen LogP contribution >= 0.6 is 0 Å². The van der Waals surface area contributed by atoms with Crippen LogP contribution in [0.2, 0.25) is 0 Å². The van der Waals surface area contributed by atoms with Crippen molar-refractivity contribution in [1.29, 1.82) is 0 Å². The van der Waals surface area contributed by atoms with Crippen molar-refractivity contribution < 1.29 is 4.79 Å². The standard InChI is InChI=1S/C11H13N3O/c1-8-10(7-13-14(8)11(12)15)9-5-3-2-4-6-9/h2-8,10H,1H3,(H2,12,15). The molecule has 1 aromatic rings. The fourth-order valence-corrected chi connectivity index (χ4v) is 1.82. The van der Waals surface area contributed by atoms with Gasteiger partial charge in [-0.1, -0.05) is 30.3 Å². The lowest BCUT2D eigenvalue weighted by Crippen LogP contribution is -2.37. The van der Waals surface area contributed by atoms with Crippen molar-refractivity contribution in [3.8, 4) is 0 Å². The van der Waals surface area contributed by atoms with Gasteiger partial charge in [-0.2, -0.15) is 5.10 Å². The molecule has 0 fully saturated rings. The average molecular weight is 203 g/mol. The van der Waals surface area contributed by atoms with E-state index in [2.05, 4.69) is 5.10 Å². The van der Waals surface area contributed by atoms with Crippen LogP contribution in [0.1, 0.15) is 18.4 Å². The molecule has 1 aliphatic rings. The molecule has 2 N–H and O–H groups in total. The Kier molecular flexibility index (Phi) is 2.41. The minimum Gasteiger partial charge on any atom is -0.350 e. The van der Waals surface area contributed by atoms with E-state index in [1.807, 2.05) is 37.3 Å². The van der Waals surface area contributed by atoms with Gasteiger partial charge in [0.1, 0.15) is 0 Å². The van der Waals surface area contributed by atoms with E-state index >= 15 is 0 Å². The minimum atomic E-state index is -0.503. The van der Waals surface area contributed by atoms with Crippen molar-refractivity contribution in [3.63, 3.8) is 0 Å². The van der Waals surface area contributed by atoms with E-state index in [0.717, 1.165) is 5.56 Å². The van der Waals surface area contributed by atoms with E-state index in [1.165, 1.54) is 5.01 Å². The third-order valence-electron chi connectivity index (χ3n) is 2.67. The summed E-state index contributed by atoms with van der Waals surface area (Å²) in [7, 11) is 0. The third kappa shape index (κ3) is 1.70. The number of nitrogens with two attached hydrogens (primary N) is 1. The summed E-state index contributed by atoms with van der Waals surface area (Å²) in [5.74, 6) is 0.138.